The van der Waals surface area contributed by atoms with E-state index in [-0.39, 0.29) is 23.8 Å². The lowest BCUT2D eigenvalue weighted by atomic mass is 9.73. The second kappa shape index (κ2) is 14.3. The van der Waals surface area contributed by atoms with E-state index in [1.165, 1.54) is 0 Å². The molecule has 12 nitrogen and oxygen atoms in total. The SMILES string of the molecule is CC(C)(C)c1[nH]n2c(C(C)(C)C(C)(C)NC(=O)COc3ccccc3NC(=O)Nc3ccc(NC(=O)c4ccc5ccccc5c4)cc3)nnc2c1Cl. The minimum Gasteiger partial charge on any atom is -0.482 e. The van der Waals surface area contributed by atoms with Crippen LogP contribution in [0.15, 0.2) is 91.0 Å². The van der Waals surface area contributed by atoms with Crippen LogP contribution in [0.3, 0.4) is 0 Å². The van der Waals surface area contributed by atoms with Gasteiger partial charge in [0.25, 0.3) is 11.8 Å². The van der Waals surface area contributed by atoms with Gasteiger partial charge in [0.1, 0.15) is 10.8 Å². The predicted molar refractivity (Wildman–Crippen MR) is 209 cm³/mol. The maximum absolute atomic E-state index is 13.3. The molecule has 6 aromatic rings. The third-order valence-electron chi connectivity index (χ3n) is 9.53. The Labute approximate surface area is 312 Å². The van der Waals surface area contributed by atoms with Gasteiger partial charge in [0.15, 0.2) is 18.1 Å². The van der Waals surface area contributed by atoms with Crippen molar-refractivity contribution in [2.75, 3.05) is 22.6 Å². The van der Waals surface area contributed by atoms with Gasteiger partial charge >= 0.3 is 6.03 Å². The van der Waals surface area contributed by atoms with Gasteiger partial charge in [-0.25, -0.2) is 9.31 Å². The summed E-state index contributed by atoms with van der Waals surface area (Å²) in [4.78, 5) is 39.1. The summed E-state index contributed by atoms with van der Waals surface area (Å²) in [5.41, 5.74) is 1.63. The highest BCUT2D eigenvalue weighted by atomic mass is 35.5. The first-order valence-corrected chi connectivity index (χ1v) is 17.6. The number of anilines is 3. The molecule has 0 bridgehead atoms. The van der Waals surface area contributed by atoms with Crippen LogP contribution in [-0.2, 0) is 15.6 Å². The summed E-state index contributed by atoms with van der Waals surface area (Å²) in [6, 6.07) is 26.5. The van der Waals surface area contributed by atoms with E-state index in [1.807, 2.05) is 64.1 Å². The highest BCUT2D eigenvalue weighted by molar-refractivity contribution is 6.34. The lowest BCUT2D eigenvalue weighted by Crippen LogP contribution is -2.57. The number of urea groups is 1. The van der Waals surface area contributed by atoms with E-state index in [0.717, 1.165) is 16.5 Å². The van der Waals surface area contributed by atoms with Crippen molar-refractivity contribution < 1.29 is 19.1 Å². The molecule has 4 amide bonds. The lowest BCUT2D eigenvalue weighted by Gasteiger charge is -2.40. The van der Waals surface area contributed by atoms with Gasteiger partial charge in [-0.1, -0.05) is 88.7 Å². The summed E-state index contributed by atoms with van der Waals surface area (Å²) in [6.07, 6.45) is 0. The molecule has 2 aromatic heterocycles. The lowest BCUT2D eigenvalue weighted by molar-refractivity contribution is -0.125. The number of nitrogens with zero attached hydrogens (tertiary/aromatic N) is 3. The molecule has 0 saturated carbocycles. The number of amides is 4. The summed E-state index contributed by atoms with van der Waals surface area (Å²) in [5, 5.41) is 26.2. The number of hydrogen-bond acceptors (Lipinski definition) is 6. The number of carbonyl (C=O) groups excluding carboxylic acids is 3. The van der Waals surface area contributed by atoms with Gasteiger partial charge in [-0.15, -0.1) is 10.2 Å². The van der Waals surface area contributed by atoms with Gasteiger partial charge in [0.05, 0.1) is 11.4 Å². The molecule has 0 aliphatic rings. The van der Waals surface area contributed by atoms with Crippen LogP contribution in [0.25, 0.3) is 16.4 Å². The van der Waals surface area contributed by atoms with Crippen molar-refractivity contribution in [3.63, 3.8) is 0 Å². The Hall–Kier alpha value is -5.88. The van der Waals surface area contributed by atoms with Gasteiger partial charge < -0.3 is 26.0 Å². The van der Waals surface area contributed by atoms with Crippen molar-refractivity contribution in [2.24, 2.45) is 0 Å². The molecule has 53 heavy (non-hydrogen) atoms. The number of nitrogens with one attached hydrogen (secondary N) is 5. The molecule has 5 N–H and O–H groups in total. The predicted octanol–water partition coefficient (Wildman–Crippen LogP) is 8.31. The number of H-pyrrole nitrogens is 1. The van der Waals surface area contributed by atoms with Crippen molar-refractivity contribution in [1.82, 2.24) is 25.1 Å². The van der Waals surface area contributed by atoms with Gasteiger partial charge in [-0.05, 0) is 73.2 Å². The fourth-order valence-corrected chi connectivity index (χ4v) is 6.27. The molecule has 0 spiro atoms. The number of aromatic amines is 1. The number of halogens is 1. The summed E-state index contributed by atoms with van der Waals surface area (Å²) in [6.45, 7) is 13.6. The minimum absolute atomic E-state index is 0.236. The average Bonchev–Trinajstić information content (AvgIpc) is 3.68. The number of hydrogen-bond donors (Lipinski definition) is 5. The van der Waals surface area contributed by atoms with Crippen LogP contribution in [-0.4, -0.2) is 49.8 Å². The molecule has 0 fully saturated rings. The van der Waals surface area contributed by atoms with Gasteiger partial charge in [0.2, 0.25) is 0 Å². The van der Waals surface area contributed by atoms with Crippen molar-refractivity contribution in [3.8, 4) is 5.75 Å². The smallest absolute Gasteiger partial charge is 0.323 e. The first kappa shape index (κ1) is 36.9. The Balaban J connectivity index is 1.04. The number of rotatable bonds is 10. The zero-order valence-corrected chi connectivity index (χ0v) is 31.5. The Morgan fingerprint density at radius 1 is 0.774 bits per heavy atom. The summed E-state index contributed by atoms with van der Waals surface area (Å²) < 4.78 is 7.66. The van der Waals surface area contributed by atoms with E-state index in [4.69, 9.17) is 16.3 Å². The van der Waals surface area contributed by atoms with Gasteiger partial charge in [-0.3, -0.25) is 14.7 Å². The van der Waals surface area contributed by atoms with E-state index in [0.29, 0.717) is 44.9 Å². The van der Waals surface area contributed by atoms with Crippen molar-refractivity contribution in [2.45, 2.75) is 64.8 Å². The molecular formula is C40H43ClN8O4. The van der Waals surface area contributed by atoms with Crippen LogP contribution < -0.4 is 26.0 Å². The van der Waals surface area contributed by atoms with Crippen molar-refractivity contribution in [3.05, 3.63) is 113 Å². The third-order valence-corrected chi connectivity index (χ3v) is 9.89. The number of carbonyl (C=O) groups is 3. The highest BCUT2D eigenvalue weighted by Gasteiger charge is 2.44. The van der Waals surface area contributed by atoms with E-state index in [9.17, 15) is 14.4 Å². The standard InChI is InChI=1S/C40H43ClN8O4/c1-38(2,3)33-32(41)34-46-47-36(49(34)48-33)39(4,5)40(6,7)45-31(50)23-53-30-15-11-10-14-29(30)44-37(52)43-28-20-18-27(19-21-28)42-35(51)26-17-16-24-12-8-9-13-25(24)22-26/h8-22,48H,23H2,1-7H3,(H,42,51)(H,45,50)(H2,43,44,52). The average molecular weight is 735 g/mol. The highest BCUT2D eigenvalue weighted by Crippen LogP contribution is 2.37. The van der Waals surface area contributed by atoms with E-state index in [1.54, 1.807) is 59.1 Å². The van der Waals surface area contributed by atoms with E-state index >= 15 is 0 Å². The Morgan fingerprint density at radius 3 is 2.11 bits per heavy atom. The van der Waals surface area contributed by atoms with E-state index in [2.05, 4.69) is 57.3 Å². The zero-order valence-electron chi connectivity index (χ0n) is 30.7. The van der Waals surface area contributed by atoms with Crippen molar-refractivity contribution in [1.29, 1.82) is 0 Å². The topological polar surface area (TPSA) is 155 Å². The number of benzene rings is 4. The molecule has 0 atom stereocenters. The minimum atomic E-state index is -0.803. The molecule has 0 unspecified atom stereocenters. The maximum atomic E-state index is 13.3. The Morgan fingerprint density at radius 2 is 1.42 bits per heavy atom. The van der Waals surface area contributed by atoms with Crippen LogP contribution in [0.5, 0.6) is 5.75 Å². The van der Waals surface area contributed by atoms with Crippen LogP contribution >= 0.6 is 11.6 Å². The van der Waals surface area contributed by atoms with Gasteiger partial charge in [-0.2, -0.15) is 0 Å². The first-order valence-electron chi connectivity index (χ1n) is 17.2. The zero-order chi connectivity index (χ0) is 38.1. The van der Waals surface area contributed by atoms with Crippen LogP contribution in [0.2, 0.25) is 5.02 Å². The second-order valence-electron chi connectivity index (χ2n) is 15.0. The van der Waals surface area contributed by atoms with Crippen molar-refractivity contribution >= 4 is 62.9 Å². The van der Waals surface area contributed by atoms with Gasteiger partial charge in [0, 0.05) is 33.3 Å². The Bertz CT molecular complexity index is 2320. The third kappa shape index (κ3) is 7.82. The monoisotopic (exact) mass is 734 g/mol. The molecule has 0 saturated heterocycles. The summed E-state index contributed by atoms with van der Waals surface area (Å²) in [5.74, 6) is 0.324. The quantitative estimate of drug-likeness (QED) is 0.0954. The van der Waals surface area contributed by atoms with Crippen LogP contribution in [0, 0.1) is 0 Å². The molecule has 274 valence electrons. The molecule has 0 aliphatic heterocycles. The Kier molecular flexibility index (Phi) is 9.93. The first-order chi connectivity index (χ1) is 25.0. The largest absolute Gasteiger partial charge is 0.482 e. The molecule has 0 aliphatic carbocycles. The maximum Gasteiger partial charge on any atom is 0.323 e. The number of para-hydroxylation sites is 2. The van der Waals surface area contributed by atoms with E-state index < -0.39 is 17.0 Å². The fraction of sp³-hybridized carbons (Fsp3) is 0.275. The summed E-state index contributed by atoms with van der Waals surface area (Å²) in [7, 11) is 0. The summed E-state index contributed by atoms with van der Waals surface area (Å²) >= 11 is 6.66. The molecule has 6 rings (SSSR count). The number of ether oxygens (including phenoxy) is 1. The number of fused-ring (bicyclic) bond motifs is 2. The molecule has 4 aromatic carbocycles. The molecule has 13 heteroatoms. The van der Waals surface area contributed by atoms with Crippen LogP contribution in [0.1, 0.15) is 70.3 Å². The molecular weight excluding hydrogens is 692 g/mol. The van der Waals surface area contributed by atoms with Crippen LogP contribution in [0.4, 0.5) is 21.9 Å². The molecule has 0 radical (unpaired) electrons. The fourth-order valence-electron chi connectivity index (χ4n) is 5.82. The number of aromatic nitrogens is 4. The second-order valence-corrected chi connectivity index (χ2v) is 15.4. The normalized spacial score (nSPS) is 12.1. The molecule has 2 heterocycles.